The van der Waals surface area contributed by atoms with E-state index in [1.807, 2.05) is 21.1 Å². The Hall–Kier alpha value is -0.810. The van der Waals surface area contributed by atoms with Crippen LogP contribution in [0.3, 0.4) is 0 Å². The molecule has 1 N–H and O–H groups in total. The van der Waals surface area contributed by atoms with Crippen LogP contribution >= 0.6 is 11.6 Å². The molecule has 1 atom stereocenters. The van der Waals surface area contributed by atoms with E-state index in [4.69, 9.17) is 21.4 Å². The molecule has 0 unspecified atom stereocenters. The van der Waals surface area contributed by atoms with E-state index in [2.05, 4.69) is 0 Å². The molecular weight excluding hydrogens is 222 g/mol. The second-order valence-electron chi connectivity index (χ2n) is 4.32. The lowest BCUT2D eigenvalue weighted by molar-refractivity contribution is -0.873. The van der Waals surface area contributed by atoms with Gasteiger partial charge in [0.2, 0.25) is 0 Å². The fourth-order valence-corrected chi connectivity index (χ4v) is 1.23. The topological polar surface area (TPSA) is 63.6 Å². The van der Waals surface area contributed by atoms with Gasteiger partial charge in [-0.1, -0.05) is 0 Å². The zero-order valence-corrected chi connectivity index (χ0v) is 9.95. The summed E-state index contributed by atoms with van der Waals surface area (Å²) in [5.41, 5.74) is 0. The number of quaternary nitrogens is 1. The van der Waals surface area contributed by atoms with E-state index in [1.54, 1.807) is 0 Å². The number of hydrogen-bond acceptors (Lipinski definition) is 3. The zero-order valence-electron chi connectivity index (χ0n) is 9.20. The summed E-state index contributed by atoms with van der Waals surface area (Å²) in [5.74, 6) is -1.83. The third kappa shape index (κ3) is 8.20. The predicted octanol–water partition coefficient (Wildman–Crippen LogP) is 0.318. The van der Waals surface area contributed by atoms with Crippen LogP contribution < -0.4 is 0 Å². The maximum Gasteiger partial charge on any atom is 0.321 e. The van der Waals surface area contributed by atoms with Gasteiger partial charge in [-0.3, -0.25) is 9.59 Å². The molecule has 0 radical (unpaired) electrons. The highest BCUT2D eigenvalue weighted by atomic mass is 35.5. The van der Waals surface area contributed by atoms with E-state index in [1.165, 1.54) is 0 Å². The first-order valence-electron chi connectivity index (χ1n) is 4.52. The number of likely N-dealkylation sites (N-methyl/N-ethyl adjacent to an activating group) is 1. The number of aliphatic carboxylic acids is 1. The first-order chi connectivity index (χ1) is 6.74. The lowest BCUT2D eigenvalue weighted by Crippen LogP contribution is -2.43. The van der Waals surface area contributed by atoms with E-state index in [-0.39, 0.29) is 12.3 Å². The van der Waals surface area contributed by atoms with Crippen LogP contribution in [0.15, 0.2) is 0 Å². The van der Waals surface area contributed by atoms with E-state index >= 15 is 0 Å². The van der Waals surface area contributed by atoms with E-state index in [0.29, 0.717) is 11.0 Å². The maximum absolute atomic E-state index is 10.9. The summed E-state index contributed by atoms with van der Waals surface area (Å²) in [6.45, 7) is 0.439. The molecule has 15 heavy (non-hydrogen) atoms. The van der Waals surface area contributed by atoms with E-state index in [9.17, 15) is 9.59 Å². The van der Waals surface area contributed by atoms with Crippen LogP contribution in [0.5, 0.6) is 0 Å². The molecule has 0 aliphatic rings. The van der Waals surface area contributed by atoms with Crippen molar-refractivity contribution in [2.24, 2.45) is 0 Å². The van der Waals surface area contributed by atoms with Gasteiger partial charge in [-0.05, 0) is 0 Å². The summed E-state index contributed by atoms with van der Waals surface area (Å²) >= 11 is 5.28. The van der Waals surface area contributed by atoms with Crippen LogP contribution in [0.4, 0.5) is 0 Å². The molecule has 0 aliphatic carbocycles. The molecule has 0 bridgehead atoms. The molecule has 88 valence electrons. The minimum atomic E-state index is -0.990. The summed E-state index contributed by atoms with van der Waals surface area (Å²) in [4.78, 5) is 21.5. The summed E-state index contributed by atoms with van der Waals surface area (Å²) in [7, 11) is 5.68. The molecule has 0 fully saturated rings. The Bertz CT molecular complexity index is 237. The SMILES string of the molecule is C[N+](C)(C)C[C@@H](CC(=O)O)OC(=O)CCl. The van der Waals surface area contributed by atoms with Crippen molar-refractivity contribution in [1.82, 2.24) is 0 Å². The Kier molecular flexibility index (Phi) is 5.60. The number of halogens is 1. The molecule has 0 rings (SSSR count). The third-order valence-electron chi connectivity index (χ3n) is 1.56. The van der Waals surface area contributed by atoms with Crippen molar-refractivity contribution >= 4 is 23.5 Å². The van der Waals surface area contributed by atoms with E-state index in [0.717, 1.165) is 0 Å². The molecule has 0 heterocycles. The van der Waals surface area contributed by atoms with Gasteiger partial charge in [-0.25, -0.2) is 0 Å². The van der Waals surface area contributed by atoms with Crippen LogP contribution in [0.25, 0.3) is 0 Å². The Morgan fingerprint density at radius 2 is 1.93 bits per heavy atom. The lowest BCUT2D eigenvalue weighted by atomic mass is 10.2. The highest BCUT2D eigenvalue weighted by Crippen LogP contribution is 2.05. The van der Waals surface area contributed by atoms with Gasteiger partial charge in [0.05, 0.1) is 27.6 Å². The summed E-state index contributed by atoms with van der Waals surface area (Å²) < 4.78 is 5.44. The Morgan fingerprint density at radius 3 is 2.27 bits per heavy atom. The first-order valence-corrected chi connectivity index (χ1v) is 5.05. The fourth-order valence-electron chi connectivity index (χ4n) is 1.17. The summed E-state index contributed by atoms with van der Waals surface area (Å²) in [5, 5.41) is 8.64. The van der Waals surface area contributed by atoms with Gasteiger partial charge < -0.3 is 14.3 Å². The van der Waals surface area contributed by atoms with Crippen molar-refractivity contribution in [2.45, 2.75) is 12.5 Å². The third-order valence-corrected chi connectivity index (χ3v) is 1.78. The number of rotatable bonds is 6. The van der Waals surface area contributed by atoms with Crippen LogP contribution in [0.1, 0.15) is 6.42 Å². The highest BCUT2D eigenvalue weighted by Gasteiger charge is 2.24. The van der Waals surface area contributed by atoms with Crippen LogP contribution in [0.2, 0.25) is 0 Å². The quantitative estimate of drug-likeness (QED) is 0.411. The lowest BCUT2D eigenvalue weighted by Gasteiger charge is -2.28. The van der Waals surface area contributed by atoms with Crippen molar-refractivity contribution in [2.75, 3.05) is 33.6 Å². The van der Waals surface area contributed by atoms with Gasteiger partial charge in [0.25, 0.3) is 0 Å². The number of carboxylic acid groups (broad SMARTS) is 1. The molecule has 0 aliphatic heterocycles. The average Bonchev–Trinajstić information content (AvgIpc) is 1.99. The molecule has 0 saturated heterocycles. The van der Waals surface area contributed by atoms with Gasteiger partial charge in [0, 0.05) is 0 Å². The number of carboxylic acids is 1. The number of carbonyl (C=O) groups is 2. The Morgan fingerprint density at radius 1 is 1.40 bits per heavy atom. The van der Waals surface area contributed by atoms with Gasteiger partial charge in [0.1, 0.15) is 12.4 Å². The summed E-state index contributed by atoms with van der Waals surface area (Å²) in [6.07, 6.45) is -0.827. The van der Waals surface area contributed by atoms with Crippen molar-refractivity contribution < 1.29 is 23.9 Å². The summed E-state index contributed by atoms with van der Waals surface area (Å²) in [6, 6.07) is 0. The minimum Gasteiger partial charge on any atom is -0.481 e. The molecule has 5 nitrogen and oxygen atoms in total. The molecule has 0 spiro atoms. The van der Waals surface area contributed by atoms with Crippen LogP contribution in [-0.2, 0) is 14.3 Å². The second kappa shape index (κ2) is 5.92. The van der Waals surface area contributed by atoms with Crippen molar-refractivity contribution in [3.8, 4) is 0 Å². The van der Waals surface area contributed by atoms with Gasteiger partial charge in [-0.15, -0.1) is 11.6 Å². The largest absolute Gasteiger partial charge is 0.481 e. The average molecular weight is 239 g/mol. The van der Waals surface area contributed by atoms with Gasteiger partial charge in [-0.2, -0.15) is 0 Å². The van der Waals surface area contributed by atoms with Crippen molar-refractivity contribution in [3.05, 3.63) is 0 Å². The molecule has 0 aromatic carbocycles. The smallest absolute Gasteiger partial charge is 0.321 e. The van der Waals surface area contributed by atoms with Crippen LogP contribution in [0, 0.1) is 0 Å². The Balaban J connectivity index is 4.31. The second-order valence-corrected chi connectivity index (χ2v) is 4.58. The molecule has 6 heteroatoms. The van der Waals surface area contributed by atoms with Gasteiger partial charge >= 0.3 is 11.9 Å². The van der Waals surface area contributed by atoms with Gasteiger partial charge in [0.15, 0.2) is 6.10 Å². The zero-order chi connectivity index (χ0) is 12.1. The van der Waals surface area contributed by atoms with Crippen molar-refractivity contribution in [1.29, 1.82) is 0 Å². The predicted molar refractivity (Wildman–Crippen MR) is 55.8 cm³/mol. The minimum absolute atomic E-state index is 0.196. The normalized spacial score (nSPS) is 13.3. The van der Waals surface area contributed by atoms with Crippen molar-refractivity contribution in [3.63, 3.8) is 0 Å². The van der Waals surface area contributed by atoms with E-state index < -0.39 is 18.0 Å². The number of hydrogen-bond donors (Lipinski definition) is 1. The standard InChI is InChI=1S/C9H16ClNO4/c1-11(2,3)6-7(4-8(12)13)15-9(14)5-10/h7H,4-6H2,1-3H3/p+1/t7-/m1/s1. The Labute approximate surface area is 94.2 Å². The fraction of sp³-hybridized carbons (Fsp3) is 0.778. The molecule has 0 saturated carbocycles. The number of carbonyl (C=O) groups excluding carboxylic acids is 1. The number of alkyl halides is 1. The molecule has 0 aromatic heterocycles. The number of nitrogens with zero attached hydrogens (tertiary/aromatic N) is 1. The molecular formula is C9H17ClNO4+. The monoisotopic (exact) mass is 238 g/mol. The number of ether oxygens (including phenoxy) is 1. The molecule has 0 aromatic rings. The maximum atomic E-state index is 10.9. The number of esters is 1. The highest BCUT2D eigenvalue weighted by molar-refractivity contribution is 6.26. The van der Waals surface area contributed by atoms with Crippen LogP contribution in [-0.4, -0.2) is 61.2 Å². The molecule has 0 amide bonds. The first kappa shape index (κ1) is 14.2.